The number of benzene rings is 2. The van der Waals surface area contributed by atoms with E-state index in [1.165, 1.54) is 20.3 Å². The SMILES string of the molecule is COC(=O)c1ccc(-c2cccc(N)c2)c(C(=O)OC)c1. The van der Waals surface area contributed by atoms with Gasteiger partial charge in [0.2, 0.25) is 0 Å². The average Bonchev–Trinajstić information content (AvgIpc) is 2.52. The zero-order chi connectivity index (χ0) is 15.4. The summed E-state index contributed by atoms with van der Waals surface area (Å²) in [4.78, 5) is 23.5. The lowest BCUT2D eigenvalue weighted by Crippen LogP contribution is -2.08. The van der Waals surface area contributed by atoms with Gasteiger partial charge in [-0.2, -0.15) is 0 Å². The first-order chi connectivity index (χ1) is 10.1. The highest BCUT2D eigenvalue weighted by Crippen LogP contribution is 2.27. The summed E-state index contributed by atoms with van der Waals surface area (Å²) >= 11 is 0. The van der Waals surface area contributed by atoms with Gasteiger partial charge in [-0.05, 0) is 35.4 Å². The van der Waals surface area contributed by atoms with Crippen LogP contribution in [0.1, 0.15) is 20.7 Å². The van der Waals surface area contributed by atoms with Gasteiger partial charge in [-0.3, -0.25) is 0 Å². The first-order valence-electron chi connectivity index (χ1n) is 6.23. The standard InChI is InChI=1S/C16H15NO4/c1-20-15(18)11-6-7-13(14(9-11)16(19)21-2)10-4-3-5-12(17)8-10/h3-9H,17H2,1-2H3. The number of anilines is 1. The summed E-state index contributed by atoms with van der Waals surface area (Å²) in [5.41, 5.74) is 8.32. The van der Waals surface area contributed by atoms with Crippen molar-refractivity contribution in [1.82, 2.24) is 0 Å². The summed E-state index contributed by atoms with van der Waals surface area (Å²) in [5, 5.41) is 0. The minimum Gasteiger partial charge on any atom is -0.465 e. The van der Waals surface area contributed by atoms with Crippen LogP contribution in [0.3, 0.4) is 0 Å². The van der Waals surface area contributed by atoms with Crippen LogP contribution in [0, 0.1) is 0 Å². The molecule has 2 aromatic rings. The molecule has 0 atom stereocenters. The van der Waals surface area contributed by atoms with Gasteiger partial charge < -0.3 is 15.2 Å². The minimum absolute atomic E-state index is 0.283. The van der Waals surface area contributed by atoms with E-state index in [0.717, 1.165) is 5.56 Å². The van der Waals surface area contributed by atoms with Crippen molar-refractivity contribution in [2.45, 2.75) is 0 Å². The highest BCUT2D eigenvalue weighted by molar-refractivity contribution is 6.01. The molecule has 2 aromatic carbocycles. The number of carbonyl (C=O) groups is 2. The number of hydrogen-bond donors (Lipinski definition) is 1. The van der Waals surface area contributed by atoms with Gasteiger partial charge in [0, 0.05) is 5.69 Å². The Morgan fingerprint density at radius 2 is 1.67 bits per heavy atom. The predicted octanol–water partition coefficient (Wildman–Crippen LogP) is 2.51. The number of hydrogen-bond acceptors (Lipinski definition) is 5. The summed E-state index contributed by atoms with van der Waals surface area (Å²) in [5.74, 6) is -1.04. The molecule has 5 heteroatoms. The molecule has 0 radical (unpaired) electrons. The summed E-state index contributed by atoms with van der Waals surface area (Å²) in [6.45, 7) is 0. The van der Waals surface area contributed by atoms with Gasteiger partial charge >= 0.3 is 11.9 Å². The lowest BCUT2D eigenvalue weighted by Gasteiger charge is -2.10. The van der Waals surface area contributed by atoms with E-state index >= 15 is 0 Å². The molecule has 0 fully saturated rings. The molecule has 2 N–H and O–H groups in total. The molecule has 0 aliphatic heterocycles. The zero-order valence-electron chi connectivity index (χ0n) is 11.8. The van der Waals surface area contributed by atoms with Crippen LogP contribution in [0.4, 0.5) is 5.69 Å². The van der Waals surface area contributed by atoms with Gasteiger partial charge in [-0.15, -0.1) is 0 Å². The Bertz CT molecular complexity index is 694. The van der Waals surface area contributed by atoms with Crippen molar-refractivity contribution < 1.29 is 19.1 Å². The maximum Gasteiger partial charge on any atom is 0.338 e. The molecule has 0 aliphatic carbocycles. The molecule has 5 nitrogen and oxygen atoms in total. The highest BCUT2D eigenvalue weighted by atomic mass is 16.5. The smallest absolute Gasteiger partial charge is 0.338 e. The van der Waals surface area contributed by atoms with Crippen molar-refractivity contribution in [2.24, 2.45) is 0 Å². The number of carbonyl (C=O) groups excluding carboxylic acids is 2. The molecule has 0 spiro atoms. The molecule has 2 rings (SSSR count). The normalized spacial score (nSPS) is 10.0. The maximum absolute atomic E-state index is 12.0. The fourth-order valence-corrected chi connectivity index (χ4v) is 2.03. The lowest BCUT2D eigenvalue weighted by atomic mass is 9.97. The lowest BCUT2D eigenvalue weighted by molar-refractivity contribution is 0.0600. The Hall–Kier alpha value is -2.82. The molecular weight excluding hydrogens is 270 g/mol. The monoisotopic (exact) mass is 285 g/mol. The molecule has 0 heterocycles. The number of nitrogen functional groups attached to an aromatic ring is 1. The average molecular weight is 285 g/mol. The number of nitrogens with two attached hydrogens (primary N) is 1. The van der Waals surface area contributed by atoms with Crippen molar-refractivity contribution in [3.05, 3.63) is 53.6 Å². The Morgan fingerprint density at radius 3 is 2.29 bits per heavy atom. The molecule has 0 bridgehead atoms. The third kappa shape index (κ3) is 3.02. The zero-order valence-corrected chi connectivity index (χ0v) is 11.8. The minimum atomic E-state index is -0.529. The summed E-state index contributed by atoms with van der Waals surface area (Å²) in [6, 6.07) is 11.8. The van der Waals surface area contributed by atoms with Gasteiger partial charge in [0.05, 0.1) is 25.3 Å². The Balaban J connectivity index is 2.60. The molecular formula is C16H15NO4. The van der Waals surface area contributed by atoms with Crippen molar-refractivity contribution >= 4 is 17.6 Å². The second kappa shape index (κ2) is 6.09. The second-order valence-corrected chi connectivity index (χ2v) is 4.37. The van der Waals surface area contributed by atoms with Crippen LogP contribution < -0.4 is 5.73 Å². The van der Waals surface area contributed by atoms with Gasteiger partial charge in [0.25, 0.3) is 0 Å². The third-order valence-corrected chi connectivity index (χ3v) is 3.04. The van der Waals surface area contributed by atoms with Crippen LogP contribution >= 0.6 is 0 Å². The first kappa shape index (κ1) is 14.6. The fourth-order valence-electron chi connectivity index (χ4n) is 2.03. The first-order valence-corrected chi connectivity index (χ1v) is 6.23. The molecule has 108 valence electrons. The van der Waals surface area contributed by atoms with Crippen LogP contribution in [0.5, 0.6) is 0 Å². The molecule has 0 aliphatic rings. The molecule has 0 saturated heterocycles. The molecule has 21 heavy (non-hydrogen) atoms. The van der Waals surface area contributed by atoms with E-state index < -0.39 is 11.9 Å². The Morgan fingerprint density at radius 1 is 0.952 bits per heavy atom. The topological polar surface area (TPSA) is 78.6 Å². The summed E-state index contributed by atoms with van der Waals surface area (Å²) in [7, 11) is 2.57. The van der Waals surface area contributed by atoms with Crippen molar-refractivity contribution in [2.75, 3.05) is 20.0 Å². The van der Waals surface area contributed by atoms with Crippen molar-refractivity contribution in [1.29, 1.82) is 0 Å². The summed E-state index contributed by atoms with van der Waals surface area (Å²) in [6.07, 6.45) is 0. The summed E-state index contributed by atoms with van der Waals surface area (Å²) < 4.78 is 9.43. The van der Waals surface area contributed by atoms with Gasteiger partial charge in [0.15, 0.2) is 0 Å². The number of rotatable bonds is 3. The van der Waals surface area contributed by atoms with Crippen LogP contribution in [-0.4, -0.2) is 26.2 Å². The highest BCUT2D eigenvalue weighted by Gasteiger charge is 2.17. The van der Waals surface area contributed by atoms with E-state index in [-0.39, 0.29) is 11.1 Å². The van der Waals surface area contributed by atoms with Crippen molar-refractivity contribution in [3.63, 3.8) is 0 Å². The van der Waals surface area contributed by atoms with Crippen LogP contribution in [0.2, 0.25) is 0 Å². The second-order valence-electron chi connectivity index (χ2n) is 4.37. The largest absolute Gasteiger partial charge is 0.465 e. The van der Waals surface area contributed by atoms with Crippen LogP contribution in [0.15, 0.2) is 42.5 Å². The van der Waals surface area contributed by atoms with E-state index in [1.807, 2.05) is 6.07 Å². The molecule has 0 saturated carbocycles. The van der Waals surface area contributed by atoms with Crippen LogP contribution in [-0.2, 0) is 9.47 Å². The van der Waals surface area contributed by atoms with Crippen molar-refractivity contribution in [3.8, 4) is 11.1 Å². The van der Waals surface area contributed by atoms with E-state index in [9.17, 15) is 9.59 Å². The Kier molecular flexibility index (Phi) is 4.23. The molecule has 0 unspecified atom stereocenters. The van der Waals surface area contributed by atoms with E-state index in [1.54, 1.807) is 30.3 Å². The van der Waals surface area contributed by atoms with Gasteiger partial charge in [0.1, 0.15) is 0 Å². The number of ether oxygens (including phenoxy) is 2. The number of esters is 2. The van der Waals surface area contributed by atoms with Gasteiger partial charge in [-0.1, -0.05) is 18.2 Å². The van der Waals surface area contributed by atoms with E-state index in [4.69, 9.17) is 10.5 Å². The Labute approximate surface area is 122 Å². The predicted molar refractivity (Wildman–Crippen MR) is 79.0 cm³/mol. The maximum atomic E-state index is 12.0. The fraction of sp³-hybridized carbons (Fsp3) is 0.125. The molecule has 0 aromatic heterocycles. The third-order valence-electron chi connectivity index (χ3n) is 3.04. The molecule has 0 amide bonds. The van der Waals surface area contributed by atoms with Crippen LogP contribution in [0.25, 0.3) is 11.1 Å². The number of methoxy groups -OCH3 is 2. The van der Waals surface area contributed by atoms with E-state index in [0.29, 0.717) is 11.3 Å². The van der Waals surface area contributed by atoms with E-state index in [2.05, 4.69) is 4.74 Å². The van der Waals surface area contributed by atoms with Gasteiger partial charge in [-0.25, -0.2) is 9.59 Å². The quantitative estimate of drug-likeness (QED) is 0.692.